The van der Waals surface area contributed by atoms with Gasteiger partial charge in [-0.2, -0.15) is 0 Å². The quantitative estimate of drug-likeness (QED) is 0.655. The van der Waals surface area contributed by atoms with Gasteiger partial charge in [0.1, 0.15) is 0 Å². The molecule has 0 aliphatic carbocycles. The lowest BCUT2D eigenvalue weighted by atomic mass is 9.98. The zero-order valence-electron chi connectivity index (χ0n) is 17.4. The van der Waals surface area contributed by atoms with Crippen molar-refractivity contribution in [3.05, 3.63) is 77.2 Å². The highest BCUT2D eigenvalue weighted by atomic mass is 16.1. The summed E-state index contributed by atoms with van der Waals surface area (Å²) in [6.45, 7) is 7.01. The lowest BCUT2D eigenvalue weighted by Gasteiger charge is -2.18. The fourth-order valence-electron chi connectivity index (χ4n) is 3.13. The van der Waals surface area contributed by atoms with Crippen molar-refractivity contribution in [2.24, 2.45) is 0 Å². The fourth-order valence-corrected chi connectivity index (χ4v) is 3.13. The van der Waals surface area contributed by atoms with Gasteiger partial charge in [-0.05, 0) is 60.2 Å². The van der Waals surface area contributed by atoms with E-state index in [1.54, 1.807) is 18.5 Å². The van der Waals surface area contributed by atoms with Gasteiger partial charge in [0.25, 0.3) is 5.91 Å². The van der Waals surface area contributed by atoms with Crippen LogP contribution in [0, 0.1) is 6.92 Å². The van der Waals surface area contributed by atoms with Gasteiger partial charge in [-0.1, -0.05) is 32.0 Å². The van der Waals surface area contributed by atoms with E-state index in [0.29, 0.717) is 11.6 Å². The van der Waals surface area contributed by atoms with Crippen LogP contribution in [0.15, 0.2) is 54.9 Å². The van der Waals surface area contributed by atoms with Crippen molar-refractivity contribution in [3.8, 4) is 0 Å². The van der Waals surface area contributed by atoms with Gasteiger partial charge >= 0.3 is 0 Å². The van der Waals surface area contributed by atoms with Crippen LogP contribution in [-0.4, -0.2) is 34.7 Å². The summed E-state index contributed by atoms with van der Waals surface area (Å²) >= 11 is 0. The van der Waals surface area contributed by atoms with Crippen molar-refractivity contribution < 1.29 is 4.79 Å². The molecule has 2 heterocycles. The van der Waals surface area contributed by atoms with Gasteiger partial charge < -0.3 is 10.2 Å². The SMILES string of the molecule is Cc1cccc(C(C)C)c1NC(=O)c1ccc(N(C)CCc2ccncc2)nn1. The van der Waals surface area contributed by atoms with Crippen molar-refractivity contribution in [1.82, 2.24) is 15.2 Å². The third kappa shape index (κ3) is 5.16. The number of carbonyl (C=O) groups is 1. The molecule has 0 aliphatic rings. The van der Waals surface area contributed by atoms with Crippen LogP contribution in [0.4, 0.5) is 11.5 Å². The van der Waals surface area contributed by atoms with E-state index >= 15 is 0 Å². The molecule has 3 aromatic rings. The van der Waals surface area contributed by atoms with Crippen LogP contribution in [0.25, 0.3) is 0 Å². The lowest BCUT2D eigenvalue weighted by Crippen LogP contribution is -2.23. The van der Waals surface area contributed by atoms with Crippen molar-refractivity contribution in [1.29, 1.82) is 0 Å². The molecule has 3 rings (SSSR count). The molecule has 0 unspecified atom stereocenters. The highest BCUT2D eigenvalue weighted by Crippen LogP contribution is 2.27. The van der Waals surface area contributed by atoms with Crippen LogP contribution in [0.2, 0.25) is 0 Å². The number of benzene rings is 1. The summed E-state index contributed by atoms with van der Waals surface area (Å²) in [5.74, 6) is 0.793. The first-order valence-corrected chi connectivity index (χ1v) is 9.80. The fraction of sp³-hybridized carbons (Fsp3) is 0.304. The van der Waals surface area contributed by atoms with Gasteiger partial charge in [-0.25, -0.2) is 0 Å². The molecule has 150 valence electrons. The number of rotatable bonds is 7. The molecule has 29 heavy (non-hydrogen) atoms. The second-order valence-electron chi connectivity index (χ2n) is 7.45. The first kappa shape index (κ1) is 20.5. The molecule has 0 saturated heterocycles. The monoisotopic (exact) mass is 389 g/mol. The first-order valence-electron chi connectivity index (χ1n) is 9.80. The molecule has 2 aromatic heterocycles. The Hall–Kier alpha value is -3.28. The molecular formula is C23H27N5O. The Kier molecular flexibility index (Phi) is 6.54. The molecule has 0 aliphatic heterocycles. The Labute approximate surface area is 172 Å². The number of anilines is 2. The van der Waals surface area contributed by atoms with Gasteiger partial charge in [0, 0.05) is 31.7 Å². The number of aromatic nitrogens is 3. The van der Waals surface area contributed by atoms with E-state index < -0.39 is 0 Å². The summed E-state index contributed by atoms with van der Waals surface area (Å²) in [5, 5.41) is 11.4. The Morgan fingerprint density at radius 1 is 1.07 bits per heavy atom. The van der Waals surface area contributed by atoms with Gasteiger partial charge in [-0.15, -0.1) is 10.2 Å². The maximum Gasteiger partial charge on any atom is 0.276 e. The minimum Gasteiger partial charge on any atom is -0.358 e. The summed E-state index contributed by atoms with van der Waals surface area (Å²) in [6, 6.07) is 13.6. The van der Waals surface area contributed by atoms with Crippen LogP contribution in [-0.2, 0) is 6.42 Å². The van der Waals surface area contributed by atoms with Crippen LogP contribution in [0.1, 0.15) is 46.9 Å². The minimum absolute atomic E-state index is 0.250. The highest BCUT2D eigenvalue weighted by molar-refractivity contribution is 6.03. The molecular weight excluding hydrogens is 362 g/mol. The number of nitrogens with one attached hydrogen (secondary N) is 1. The van der Waals surface area contributed by atoms with E-state index in [1.165, 1.54) is 5.56 Å². The average Bonchev–Trinajstić information content (AvgIpc) is 2.74. The number of para-hydroxylation sites is 1. The molecule has 0 saturated carbocycles. The molecule has 0 spiro atoms. The van der Waals surface area contributed by atoms with E-state index in [2.05, 4.69) is 34.3 Å². The first-order chi connectivity index (χ1) is 14.0. The van der Waals surface area contributed by atoms with Crippen molar-refractivity contribution in [3.63, 3.8) is 0 Å². The summed E-state index contributed by atoms with van der Waals surface area (Å²) in [6.07, 6.45) is 4.47. The highest BCUT2D eigenvalue weighted by Gasteiger charge is 2.15. The normalized spacial score (nSPS) is 10.8. The number of likely N-dealkylation sites (N-methyl/N-ethyl adjacent to an activating group) is 1. The Morgan fingerprint density at radius 3 is 2.48 bits per heavy atom. The predicted octanol–water partition coefficient (Wildman–Crippen LogP) is 4.23. The summed E-state index contributed by atoms with van der Waals surface area (Å²) in [5.41, 5.74) is 4.51. The molecule has 1 aromatic carbocycles. The zero-order chi connectivity index (χ0) is 20.8. The molecule has 6 nitrogen and oxygen atoms in total. The number of hydrogen-bond donors (Lipinski definition) is 1. The third-order valence-electron chi connectivity index (χ3n) is 4.93. The third-order valence-corrected chi connectivity index (χ3v) is 4.93. The summed E-state index contributed by atoms with van der Waals surface area (Å²) in [4.78, 5) is 18.8. The second kappa shape index (κ2) is 9.28. The van der Waals surface area contributed by atoms with Crippen molar-refractivity contribution in [2.75, 3.05) is 23.8 Å². The molecule has 6 heteroatoms. The summed E-state index contributed by atoms with van der Waals surface area (Å²) in [7, 11) is 1.97. The maximum atomic E-state index is 12.7. The smallest absolute Gasteiger partial charge is 0.276 e. The number of aryl methyl sites for hydroxylation is 1. The van der Waals surface area contributed by atoms with Gasteiger partial charge in [0.2, 0.25) is 0 Å². The van der Waals surface area contributed by atoms with E-state index in [1.807, 2.05) is 55.3 Å². The molecule has 0 fully saturated rings. The lowest BCUT2D eigenvalue weighted by molar-refractivity contribution is 0.102. The number of nitrogens with zero attached hydrogens (tertiary/aromatic N) is 4. The number of hydrogen-bond acceptors (Lipinski definition) is 5. The van der Waals surface area contributed by atoms with Crippen LogP contribution in [0.3, 0.4) is 0 Å². The Morgan fingerprint density at radius 2 is 1.83 bits per heavy atom. The standard InChI is InChI=1S/C23H27N5O/c1-16(2)19-7-5-6-17(3)22(19)25-23(29)20-8-9-21(27-26-20)28(4)15-12-18-10-13-24-14-11-18/h5-11,13-14,16H,12,15H2,1-4H3,(H,25,29). The number of amides is 1. The zero-order valence-corrected chi connectivity index (χ0v) is 17.4. The second-order valence-corrected chi connectivity index (χ2v) is 7.45. The van der Waals surface area contributed by atoms with Gasteiger partial charge in [-0.3, -0.25) is 9.78 Å². The molecule has 1 N–H and O–H groups in total. The molecule has 0 atom stereocenters. The van der Waals surface area contributed by atoms with E-state index in [9.17, 15) is 4.79 Å². The van der Waals surface area contributed by atoms with Crippen molar-refractivity contribution >= 4 is 17.4 Å². The largest absolute Gasteiger partial charge is 0.358 e. The van der Waals surface area contributed by atoms with E-state index in [-0.39, 0.29) is 5.91 Å². The Bertz CT molecular complexity index is 955. The van der Waals surface area contributed by atoms with Gasteiger partial charge in [0.15, 0.2) is 11.5 Å². The van der Waals surface area contributed by atoms with Crippen LogP contribution >= 0.6 is 0 Å². The summed E-state index contributed by atoms with van der Waals surface area (Å²) < 4.78 is 0. The minimum atomic E-state index is -0.250. The van der Waals surface area contributed by atoms with E-state index in [0.717, 1.165) is 35.6 Å². The average molecular weight is 390 g/mol. The van der Waals surface area contributed by atoms with E-state index in [4.69, 9.17) is 0 Å². The Balaban J connectivity index is 1.66. The van der Waals surface area contributed by atoms with Gasteiger partial charge in [0.05, 0.1) is 0 Å². The topological polar surface area (TPSA) is 71.0 Å². The molecule has 0 bridgehead atoms. The van der Waals surface area contributed by atoms with Crippen molar-refractivity contribution in [2.45, 2.75) is 33.1 Å². The molecule has 1 amide bonds. The number of carbonyl (C=O) groups excluding carboxylic acids is 1. The van der Waals surface area contributed by atoms with Crippen LogP contribution in [0.5, 0.6) is 0 Å². The maximum absolute atomic E-state index is 12.7. The number of pyridine rings is 1. The predicted molar refractivity (Wildman–Crippen MR) is 116 cm³/mol. The van der Waals surface area contributed by atoms with Crippen LogP contribution < -0.4 is 10.2 Å². The molecule has 0 radical (unpaired) electrons.